The smallest absolute Gasteiger partial charge is 0.342 e. The van der Waals surface area contributed by atoms with E-state index in [1.165, 1.54) is 19.3 Å². The molecule has 0 bridgehead atoms. The Hall–Kier alpha value is -1.29. The van der Waals surface area contributed by atoms with Gasteiger partial charge in [0.1, 0.15) is 6.10 Å². The second-order valence-electron chi connectivity index (χ2n) is 2.03. The first-order chi connectivity index (χ1) is 5.20. The Labute approximate surface area is 63.4 Å². The molecule has 1 aromatic heterocycles. The van der Waals surface area contributed by atoms with Crippen LogP contribution in [0.2, 0.25) is 0 Å². The average molecular weight is 156 g/mol. The van der Waals surface area contributed by atoms with Crippen molar-refractivity contribution in [1.29, 1.82) is 0 Å². The highest BCUT2D eigenvalue weighted by molar-refractivity contribution is 5.75. The normalized spacial score (nSPS) is 12.5. The zero-order valence-electron chi connectivity index (χ0n) is 5.98. The van der Waals surface area contributed by atoms with Gasteiger partial charge in [0.2, 0.25) is 0 Å². The molecule has 4 heteroatoms. The van der Waals surface area contributed by atoms with Crippen LogP contribution in [-0.2, 0) is 4.79 Å². The van der Waals surface area contributed by atoms with Crippen molar-refractivity contribution >= 4 is 5.97 Å². The van der Waals surface area contributed by atoms with Gasteiger partial charge in [0.25, 0.3) is 5.95 Å². The van der Waals surface area contributed by atoms with Crippen LogP contribution >= 0.6 is 0 Å². The van der Waals surface area contributed by atoms with Gasteiger partial charge in [0, 0.05) is 6.07 Å². The molecule has 1 unspecified atom stereocenters. The summed E-state index contributed by atoms with van der Waals surface area (Å²) in [6, 6.07) is 3.07. The predicted molar refractivity (Wildman–Crippen MR) is 36.0 cm³/mol. The first-order valence-electron chi connectivity index (χ1n) is 3.13. The van der Waals surface area contributed by atoms with Gasteiger partial charge in [-0.15, -0.1) is 0 Å². The van der Waals surface area contributed by atoms with Gasteiger partial charge >= 0.3 is 5.97 Å². The third kappa shape index (κ3) is 2.09. The minimum atomic E-state index is -1.12. The number of aliphatic hydroxyl groups excluding tert-OH is 1. The van der Waals surface area contributed by atoms with Gasteiger partial charge in [0.05, 0.1) is 6.26 Å². The highest BCUT2D eigenvalue weighted by Gasteiger charge is 2.12. The monoisotopic (exact) mass is 156 g/mol. The summed E-state index contributed by atoms with van der Waals surface area (Å²) < 4.78 is 9.26. The third-order valence-corrected chi connectivity index (χ3v) is 1.04. The van der Waals surface area contributed by atoms with Crippen LogP contribution < -0.4 is 4.74 Å². The third-order valence-electron chi connectivity index (χ3n) is 1.04. The van der Waals surface area contributed by atoms with Gasteiger partial charge < -0.3 is 14.3 Å². The molecule has 0 aliphatic carbocycles. The van der Waals surface area contributed by atoms with E-state index in [0.717, 1.165) is 0 Å². The van der Waals surface area contributed by atoms with Crippen molar-refractivity contribution in [3.63, 3.8) is 0 Å². The summed E-state index contributed by atoms with van der Waals surface area (Å²) >= 11 is 0. The molecule has 1 atom stereocenters. The van der Waals surface area contributed by atoms with Crippen LogP contribution in [0, 0.1) is 0 Å². The Morgan fingerprint density at radius 2 is 2.55 bits per heavy atom. The zero-order chi connectivity index (χ0) is 8.27. The van der Waals surface area contributed by atoms with E-state index in [1.54, 1.807) is 6.07 Å². The second kappa shape index (κ2) is 3.21. The number of hydrogen-bond acceptors (Lipinski definition) is 4. The number of aliphatic hydroxyl groups is 1. The molecule has 60 valence electrons. The standard InChI is InChI=1S/C7H8O4/c1-5(8)7(9)11-6-3-2-4-10-6/h2-5,8H,1H3. The maximum absolute atomic E-state index is 10.7. The lowest BCUT2D eigenvalue weighted by atomic mass is 10.4. The quantitative estimate of drug-likeness (QED) is 0.636. The Kier molecular flexibility index (Phi) is 2.28. The van der Waals surface area contributed by atoms with Gasteiger partial charge in [-0.1, -0.05) is 0 Å². The molecule has 4 nitrogen and oxygen atoms in total. The predicted octanol–water partition coefficient (Wildman–Crippen LogP) is 0.566. The summed E-state index contributed by atoms with van der Waals surface area (Å²) in [5.74, 6) is -0.629. The van der Waals surface area contributed by atoms with Crippen LogP contribution in [0.5, 0.6) is 5.95 Å². The molecule has 0 fully saturated rings. The largest absolute Gasteiger partial charge is 0.434 e. The first-order valence-corrected chi connectivity index (χ1v) is 3.13. The molecule has 0 spiro atoms. The lowest BCUT2D eigenvalue weighted by molar-refractivity contribution is -0.143. The van der Waals surface area contributed by atoms with E-state index in [0.29, 0.717) is 0 Å². The van der Waals surface area contributed by atoms with Crippen molar-refractivity contribution in [2.75, 3.05) is 0 Å². The number of carbonyl (C=O) groups excluding carboxylic acids is 1. The van der Waals surface area contributed by atoms with E-state index in [4.69, 9.17) is 9.52 Å². The molecule has 1 heterocycles. The minimum Gasteiger partial charge on any atom is -0.434 e. The lowest BCUT2D eigenvalue weighted by Crippen LogP contribution is -2.21. The van der Waals surface area contributed by atoms with E-state index in [2.05, 4.69) is 4.74 Å². The number of ether oxygens (including phenoxy) is 1. The van der Waals surface area contributed by atoms with Crippen molar-refractivity contribution in [3.8, 4) is 5.95 Å². The molecule has 1 aromatic rings. The van der Waals surface area contributed by atoms with E-state index in [1.807, 2.05) is 0 Å². The summed E-state index contributed by atoms with van der Waals surface area (Å²) in [5, 5.41) is 8.70. The van der Waals surface area contributed by atoms with Crippen LogP contribution in [0.4, 0.5) is 0 Å². The van der Waals surface area contributed by atoms with Crippen molar-refractivity contribution in [2.24, 2.45) is 0 Å². The zero-order valence-corrected chi connectivity index (χ0v) is 5.98. The minimum absolute atomic E-state index is 0.0934. The second-order valence-corrected chi connectivity index (χ2v) is 2.03. The highest BCUT2D eigenvalue weighted by Crippen LogP contribution is 2.10. The van der Waals surface area contributed by atoms with Gasteiger partial charge in [-0.3, -0.25) is 0 Å². The van der Waals surface area contributed by atoms with Gasteiger partial charge in [-0.25, -0.2) is 4.79 Å². The maximum Gasteiger partial charge on any atom is 0.342 e. The summed E-state index contributed by atoms with van der Waals surface area (Å²) in [4.78, 5) is 10.7. The lowest BCUT2D eigenvalue weighted by Gasteiger charge is -2.00. The van der Waals surface area contributed by atoms with Crippen LogP contribution in [0.15, 0.2) is 22.8 Å². The van der Waals surface area contributed by atoms with Crippen molar-refractivity contribution in [2.45, 2.75) is 13.0 Å². The molecule has 0 aliphatic heterocycles. The molecule has 1 N–H and O–H groups in total. The summed E-state index contributed by atoms with van der Waals surface area (Å²) in [6.07, 6.45) is 0.255. The highest BCUT2D eigenvalue weighted by atomic mass is 16.6. The van der Waals surface area contributed by atoms with Gasteiger partial charge in [-0.2, -0.15) is 0 Å². The Morgan fingerprint density at radius 3 is 3.00 bits per heavy atom. The maximum atomic E-state index is 10.7. The van der Waals surface area contributed by atoms with E-state index in [9.17, 15) is 4.79 Å². The van der Waals surface area contributed by atoms with Crippen molar-refractivity contribution in [1.82, 2.24) is 0 Å². The fraction of sp³-hybridized carbons (Fsp3) is 0.286. The Morgan fingerprint density at radius 1 is 1.82 bits per heavy atom. The SMILES string of the molecule is CC(O)C(=O)Oc1ccco1. The number of furan rings is 1. The van der Waals surface area contributed by atoms with E-state index >= 15 is 0 Å². The van der Waals surface area contributed by atoms with Crippen LogP contribution in [0.1, 0.15) is 6.92 Å². The molecule has 1 rings (SSSR count). The van der Waals surface area contributed by atoms with E-state index < -0.39 is 12.1 Å². The topological polar surface area (TPSA) is 59.7 Å². The molecule has 0 saturated carbocycles. The average Bonchev–Trinajstić information content (AvgIpc) is 2.39. The number of rotatable bonds is 2. The summed E-state index contributed by atoms with van der Waals surface area (Å²) in [7, 11) is 0. The fourth-order valence-corrected chi connectivity index (χ4v) is 0.506. The molecule has 0 aliphatic rings. The molecule has 0 radical (unpaired) electrons. The molecule has 11 heavy (non-hydrogen) atoms. The first kappa shape index (κ1) is 7.81. The van der Waals surface area contributed by atoms with E-state index in [-0.39, 0.29) is 5.95 Å². The molecular weight excluding hydrogens is 148 g/mol. The fourth-order valence-electron chi connectivity index (χ4n) is 0.506. The Balaban J connectivity index is 2.50. The number of hydrogen-bond donors (Lipinski definition) is 1. The van der Waals surface area contributed by atoms with Crippen molar-refractivity contribution in [3.05, 3.63) is 18.4 Å². The molecule has 0 saturated heterocycles. The van der Waals surface area contributed by atoms with Gasteiger partial charge in [-0.05, 0) is 13.0 Å². The van der Waals surface area contributed by atoms with Crippen molar-refractivity contribution < 1.29 is 19.1 Å². The van der Waals surface area contributed by atoms with Crippen LogP contribution in [0.25, 0.3) is 0 Å². The Bertz CT molecular complexity index is 225. The summed E-state index contributed by atoms with van der Waals surface area (Å²) in [5.41, 5.74) is 0. The molecule has 0 aromatic carbocycles. The number of carbonyl (C=O) groups is 1. The number of esters is 1. The molecular formula is C7H8O4. The molecule has 0 amide bonds. The van der Waals surface area contributed by atoms with Gasteiger partial charge in [0.15, 0.2) is 0 Å². The summed E-state index contributed by atoms with van der Waals surface area (Å²) in [6.45, 7) is 1.32. The van der Waals surface area contributed by atoms with Crippen LogP contribution in [0.3, 0.4) is 0 Å². The van der Waals surface area contributed by atoms with Crippen LogP contribution in [-0.4, -0.2) is 17.2 Å².